The summed E-state index contributed by atoms with van der Waals surface area (Å²) in [6.07, 6.45) is 3.49. The van der Waals surface area contributed by atoms with Gasteiger partial charge in [-0.05, 0) is 18.6 Å². The topological polar surface area (TPSA) is 109 Å². The predicted molar refractivity (Wildman–Crippen MR) is 67.3 cm³/mol. The average molecular weight is 257 g/mol. The molecular formula is C9H15N5O2S. The lowest BCUT2D eigenvalue weighted by Gasteiger charge is -2.20. The largest absolute Gasteiger partial charge is 0.375 e. The zero-order valence-electron chi connectivity index (χ0n) is 9.45. The number of carbonyl (C=O) groups excluding carboxylic acids is 2. The Morgan fingerprint density at radius 3 is 2.82 bits per heavy atom. The van der Waals surface area contributed by atoms with Crippen LogP contribution in [0.5, 0.6) is 0 Å². The van der Waals surface area contributed by atoms with Crippen LogP contribution in [0.3, 0.4) is 0 Å². The fourth-order valence-electron chi connectivity index (χ4n) is 1.50. The van der Waals surface area contributed by atoms with E-state index in [1.165, 1.54) is 6.21 Å². The molecule has 0 aromatic rings. The highest BCUT2D eigenvalue weighted by molar-refractivity contribution is 7.80. The normalized spacial score (nSPS) is 23.6. The third kappa shape index (κ3) is 3.38. The maximum atomic E-state index is 11.7. The lowest BCUT2D eigenvalue weighted by atomic mass is 9.94. The second-order valence-corrected chi connectivity index (χ2v) is 4.16. The van der Waals surface area contributed by atoms with E-state index in [9.17, 15) is 9.59 Å². The quantitative estimate of drug-likeness (QED) is 0.231. The first-order valence-corrected chi connectivity index (χ1v) is 5.64. The van der Waals surface area contributed by atoms with Gasteiger partial charge in [-0.1, -0.05) is 19.8 Å². The monoisotopic (exact) mass is 257 g/mol. The molecule has 1 rings (SSSR count). The summed E-state index contributed by atoms with van der Waals surface area (Å²) in [7, 11) is 0. The molecular weight excluding hydrogens is 242 g/mol. The molecule has 5 N–H and O–H groups in total. The van der Waals surface area contributed by atoms with Gasteiger partial charge in [0.2, 0.25) is 0 Å². The Morgan fingerprint density at radius 1 is 1.65 bits per heavy atom. The summed E-state index contributed by atoms with van der Waals surface area (Å²) in [6.45, 7) is 1.99. The molecule has 8 heteroatoms. The lowest BCUT2D eigenvalue weighted by molar-refractivity contribution is -0.121. The number of carbonyl (C=O) groups is 2. The van der Waals surface area contributed by atoms with Crippen LogP contribution in [0.25, 0.3) is 0 Å². The molecule has 17 heavy (non-hydrogen) atoms. The maximum Gasteiger partial charge on any atom is 0.322 e. The van der Waals surface area contributed by atoms with Gasteiger partial charge in [0.25, 0.3) is 5.91 Å². The molecule has 0 saturated carbocycles. The number of rotatable bonds is 5. The zero-order chi connectivity index (χ0) is 12.9. The van der Waals surface area contributed by atoms with E-state index in [4.69, 9.17) is 5.73 Å². The molecule has 1 aliphatic heterocycles. The number of hydrogen-bond acceptors (Lipinski definition) is 4. The molecule has 94 valence electrons. The Kier molecular flexibility index (Phi) is 4.38. The molecule has 7 nitrogen and oxygen atoms in total. The summed E-state index contributed by atoms with van der Waals surface area (Å²) in [4.78, 5) is 22.9. The van der Waals surface area contributed by atoms with E-state index in [0.29, 0.717) is 6.42 Å². The molecule has 1 atom stereocenters. The molecule has 3 amide bonds. The van der Waals surface area contributed by atoms with Gasteiger partial charge in [-0.25, -0.2) is 4.79 Å². The summed E-state index contributed by atoms with van der Waals surface area (Å²) in [5.41, 5.74) is 6.45. The first kappa shape index (κ1) is 13.4. The minimum Gasteiger partial charge on any atom is -0.375 e. The molecule has 0 aromatic carbocycles. The first-order chi connectivity index (χ1) is 8.00. The first-order valence-electron chi connectivity index (χ1n) is 5.23. The van der Waals surface area contributed by atoms with Crippen molar-refractivity contribution in [2.45, 2.75) is 31.7 Å². The highest BCUT2D eigenvalue weighted by Crippen LogP contribution is 2.16. The van der Waals surface area contributed by atoms with Gasteiger partial charge in [0, 0.05) is 0 Å². The Bertz CT molecular complexity index is 370. The highest BCUT2D eigenvalue weighted by Gasteiger charge is 2.44. The van der Waals surface area contributed by atoms with E-state index in [0.717, 1.165) is 12.8 Å². The van der Waals surface area contributed by atoms with E-state index in [-0.39, 0.29) is 5.11 Å². The third-order valence-corrected chi connectivity index (χ3v) is 2.44. The third-order valence-electron chi connectivity index (χ3n) is 2.35. The number of amides is 3. The number of imide groups is 1. The van der Waals surface area contributed by atoms with Crippen LogP contribution in [0.1, 0.15) is 26.2 Å². The molecule has 1 saturated heterocycles. The van der Waals surface area contributed by atoms with Crippen molar-refractivity contribution in [1.29, 1.82) is 0 Å². The van der Waals surface area contributed by atoms with Crippen molar-refractivity contribution < 1.29 is 9.59 Å². The van der Waals surface area contributed by atoms with Crippen LogP contribution in [0, 0.1) is 0 Å². The molecule has 1 aliphatic rings. The molecule has 0 radical (unpaired) electrons. The molecule has 1 fully saturated rings. The van der Waals surface area contributed by atoms with Gasteiger partial charge in [0.15, 0.2) is 10.7 Å². The zero-order valence-corrected chi connectivity index (χ0v) is 10.3. The van der Waals surface area contributed by atoms with E-state index in [2.05, 4.69) is 33.4 Å². The SMILES string of the molecule is CCCC[C@]1(/C=N/NC(N)=S)NC(=O)NC1=O. The van der Waals surface area contributed by atoms with Gasteiger partial charge < -0.3 is 11.1 Å². The van der Waals surface area contributed by atoms with Crippen LogP contribution in [-0.4, -0.2) is 28.8 Å². The second-order valence-electron chi connectivity index (χ2n) is 3.72. The minimum absolute atomic E-state index is 0.00313. The van der Waals surface area contributed by atoms with Crippen molar-refractivity contribution in [2.24, 2.45) is 10.8 Å². The van der Waals surface area contributed by atoms with Crippen LogP contribution in [0.4, 0.5) is 4.79 Å². The molecule has 0 spiro atoms. The number of unbranched alkanes of at least 4 members (excludes halogenated alkanes) is 1. The number of nitrogens with two attached hydrogens (primary N) is 1. The van der Waals surface area contributed by atoms with Crippen LogP contribution < -0.4 is 21.8 Å². The fraction of sp³-hybridized carbons (Fsp3) is 0.556. The highest BCUT2D eigenvalue weighted by atomic mass is 32.1. The summed E-state index contributed by atoms with van der Waals surface area (Å²) in [6, 6.07) is -0.520. The van der Waals surface area contributed by atoms with E-state index in [1.54, 1.807) is 0 Å². The smallest absolute Gasteiger partial charge is 0.322 e. The van der Waals surface area contributed by atoms with E-state index < -0.39 is 17.5 Å². The number of nitrogens with one attached hydrogen (secondary N) is 3. The minimum atomic E-state index is -1.11. The standard InChI is InChI=1S/C9H15N5O2S/c1-2-3-4-9(5-11-14-7(10)17)6(15)12-8(16)13-9/h5H,2-4H2,1H3,(H3,10,14,17)(H2,12,13,15,16)/b11-5+/t9-/m1/s1. The Labute approximate surface area is 104 Å². The Balaban J connectivity index is 2.79. The van der Waals surface area contributed by atoms with Crippen molar-refractivity contribution in [2.75, 3.05) is 0 Å². The summed E-state index contributed by atoms with van der Waals surface area (Å²) >= 11 is 4.58. The number of urea groups is 1. The van der Waals surface area contributed by atoms with Crippen LogP contribution >= 0.6 is 12.2 Å². The molecule has 0 aromatic heterocycles. The number of nitrogens with zero attached hydrogens (tertiary/aromatic N) is 1. The summed E-state index contributed by atoms with van der Waals surface area (Å²) < 4.78 is 0. The van der Waals surface area contributed by atoms with Crippen molar-refractivity contribution >= 4 is 35.5 Å². The maximum absolute atomic E-state index is 11.7. The van der Waals surface area contributed by atoms with Gasteiger partial charge >= 0.3 is 6.03 Å². The van der Waals surface area contributed by atoms with Crippen LogP contribution in [-0.2, 0) is 4.79 Å². The van der Waals surface area contributed by atoms with E-state index in [1.807, 2.05) is 6.92 Å². The van der Waals surface area contributed by atoms with Gasteiger partial charge in [-0.3, -0.25) is 15.5 Å². The number of hydrazone groups is 1. The Morgan fingerprint density at radius 2 is 2.35 bits per heavy atom. The van der Waals surface area contributed by atoms with Gasteiger partial charge in [0.05, 0.1) is 6.21 Å². The molecule has 0 unspecified atom stereocenters. The summed E-state index contributed by atoms with van der Waals surface area (Å²) in [5.74, 6) is -0.413. The van der Waals surface area contributed by atoms with Crippen molar-refractivity contribution in [3.63, 3.8) is 0 Å². The Hall–Kier alpha value is -1.70. The summed E-state index contributed by atoms with van der Waals surface area (Å²) in [5, 5.41) is 8.48. The van der Waals surface area contributed by atoms with Crippen LogP contribution in [0.15, 0.2) is 5.10 Å². The van der Waals surface area contributed by atoms with Crippen molar-refractivity contribution in [3.8, 4) is 0 Å². The number of thiocarbonyl (C=S) groups is 1. The average Bonchev–Trinajstić information content (AvgIpc) is 2.51. The van der Waals surface area contributed by atoms with Gasteiger partial charge in [-0.2, -0.15) is 5.10 Å². The lowest BCUT2D eigenvalue weighted by Crippen LogP contribution is -2.49. The predicted octanol–water partition coefficient (Wildman–Crippen LogP) is -0.426. The fourth-order valence-corrected chi connectivity index (χ4v) is 1.55. The van der Waals surface area contributed by atoms with Gasteiger partial charge in [0.1, 0.15) is 0 Å². The van der Waals surface area contributed by atoms with E-state index >= 15 is 0 Å². The van der Waals surface area contributed by atoms with Gasteiger partial charge in [-0.15, -0.1) is 0 Å². The van der Waals surface area contributed by atoms with Crippen molar-refractivity contribution in [1.82, 2.24) is 16.1 Å². The molecule has 0 bridgehead atoms. The molecule has 0 aliphatic carbocycles. The molecule has 1 heterocycles. The number of hydrogen-bond donors (Lipinski definition) is 4. The van der Waals surface area contributed by atoms with Crippen LogP contribution in [0.2, 0.25) is 0 Å². The van der Waals surface area contributed by atoms with Crippen molar-refractivity contribution in [3.05, 3.63) is 0 Å². The second kappa shape index (κ2) is 5.58.